The Morgan fingerprint density at radius 2 is 2.16 bits per heavy atom. The molecule has 4 rings (SSSR count). The second kappa shape index (κ2) is 6.56. The fraction of sp³-hybridized carbons (Fsp3) is 0.235. The van der Waals surface area contributed by atoms with Gasteiger partial charge < -0.3 is 9.88 Å². The van der Waals surface area contributed by atoms with Crippen molar-refractivity contribution in [3.8, 4) is 11.5 Å². The van der Waals surface area contributed by atoms with Crippen molar-refractivity contribution in [2.24, 2.45) is 0 Å². The van der Waals surface area contributed by atoms with Gasteiger partial charge in [0, 0.05) is 30.5 Å². The molecule has 0 saturated carbocycles. The van der Waals surface area contributed by atoms with Gasteiger partial charge >= 0.3 is 0 Å². The molecule has 0 bridgehead atoms. The number of hydrogen-bond donors (Lipinski definition) is 1. The summed E-state index contributed by atoms with van der Waals surface area (Å²) in [7, 11) is 0. The van der Waals surface area contributed by atoms with Gasteiger partial charge in [0.05, 0.1) is 6.04 Å². The highest BCUT2D eigenvalue weighted by atomic mass is 32.1. The predicted octanol–water partition coefficient (Wildman–Crippen LogP) is 2.27. The van der Waals surface area contributed by atoms with Gasteiger partial charge in [-0.3, -0.25) is 14.6 Å². The van der Waals surface area contributed by atoms with Crippen molar-refractivity contribution >= 4 is 17.2 Å². The Hall–Kier alpha value is -2.87. The Kier molecular flexibility index (Phi) is 4.10. The summed E-state index contributed by atoms with van der Waals surface area (Å²) in [5.74, 6) is 0.0408. The molecule has 0 aliphatic carbocycles. The summed E-state index contributed by atoms with van der Waals surface area (Å²) >= 11 is 1.53. The number of rotatable bonds is 3. The molecule has 0 aromatic carbocycles. The lowest BCUT2D eigenvalue weighted by Gasteiger charge is -2.22. The fourth-order valence-corrected chi connectivity index (χ4v) is 3.79. The molecule has 0 unspecified atom stereocenters. The van der Waals surface area contributed by atoms with Crippen LogP contribution in [0.4, 0.5) is 0 Å². The first-order valence-corrected chi connectivity index (χ1v) is 8.83. The van der Waals surface area contributed by atoms with Crippen LogP contribution >= 0.6 is 11.3 Å². The van der Waals surface area contributed by atoms with Crippen molar-refractivity contribution in [2.75, 3.05) is 6.54 Å². The van der Waals surface area contributed by atoms with Crippen molar-refractivity contribution in [1.29, 1.82) is 0 Å². The lowest BCUT2D eigenvalue weighted by atomic mass is 10.2. The van der Waals surface area contributed by atoms with Crippen LogP contribution in [-0.4, -0.2) is 37.3 Å². The highest BCUT2D eigenvalue weighted by molar-refractivity contribution is 7.09. The van der Waals surface area contributed by atoms with E-state index in [0.717, 1.165) is 17.8 Å². The predicted molar refractivity (Wildman–Crippen MR) is 93.2 cm³/mol. The fourth-order valence-electron chi connectivity index (χ4n) is 3.00. The molecule has 8 heteroatoms. The monoisotopic (exact) mass is 353 g/mol. The normalized spacial score (nSPS) is 17.0. The number of likely N-dealkylation sites (tertiary alicyclic amines) is 1. The molecule has 1 N–H and O–H groups in total. The number of aromatic nitrogens is 4. The second-order valence-electron chi connectivity index (χ2n) is 5.72. The van der Waals surface area contributed by atoms with Crippen LogP contribution in [-0.2, 0) is 0 Å². The Bertz CT molecular complexity index is 939. The molecule has 1 saturated heterocycles. The Balaban J connectivity index is 1.63. The number of hydrogen-bond acceptors (Lipinski definition) is 6. The SMILES string of the molecule is O=C(c1cnc(-c2ccccn2)[nH]c1=O)N1CCC[C@@H]1c1nccs1. The molecule has 0 radical (unpaired) electrons. The molecule has 3 aromatic heterocycles. The minimum absolute atomic E-state index is 0.0446. The van der Waals surface area contributed by atoms with Crippen LogP contribution in [0.25, 0.3) is 11.5 Å². The quantitative estimate of drug-likeness (QED) is 0.780. The zero-order chi connectivity index (χ0) is 17.2. The van der Waals surface area contributed by atoms with E-state index in [4.69, 9.17) is 0 Å². The molecule has 3 aromatic rings. The number of aromatic amines is 1. The topological polar surface area (TPSA) is 91.8 Å². The van der Waals surface area contributed by atoms with Crippen molar-refractivity contribution in [1.82, 2.24) is 24.8 Å². The van der Waals surface area contributed by atoms with Crippen LogP contribution in [0.15, 0.2) is 47.0 Å². The number of nitrogens with one attached hydrogen (secondary N) is 1. The molecule has 7 nitrogen and oxygen atoms in total. The third-order valence-electron chi connectivity index (χ3n) is 4.19. The van der Waals surface area contributed by atoms with E-state index < -0.39 is 5.56 Å². The molecular weight excluding hydrogens is 338 g/mol. The summed E-state index contributed by atoms with van der Waals surface area (Å²) in [5.41, 5.74) is 0.147. The zero-order valence-corrected chi connectivity index (χ0v) is 14.1. The van der Waals surface area contributed by atoms with Crippen LogP contribution in [0.2, 0.25) is 0 Å². The van der Waals surface area contributed by atoms with E-state index in [1.807, 2.05) is 11.4 Å². The average Bonchev–Trinajstić information content (AvgIpc) is 3.33. The first kappa shape index (κ1) is 15.6. The number of amides is 1. The summed E-state index contributed by atoms with van der Waals surface area (Å²) in [6.07, 6.45) is 6.45. The average molecular weight is 353 g/mol. The van der Waals surface area contributed by atoms with Crippen molar-refractivity contribution in [3.05, 3.63) is 63.1 Å². The minimum Gasteiger partial charge on any atom is -0.329 e. The highest BCUT2D eigenvalue weighted by Gasteiger charge is 2.33. The molecular formula is C17H15N5O2S. The summed E-state index contributed by atoms with van der Waals surface area (Å²) in [5, 5.41) is 2.80. The number of H-pyrrole nitrogens is 1. The van der Waals surface area contributed by atoms with Gasteiger partial charge in [-0.05, 0) is 25.0 Å². The number of carbonyl (C=O) groups is 1. The standard InChI is InChI=1S/C17H15N5O2S/c23-15-11(10-20-14(21-15)12-4-1-2-6-18-12)17(24)22-8-3-5-13(22)16-19-7-9-25-16/h1-2,4,6-7,9-10,13H,3,5,8H2,(H,20,21,23)/t13-/m1/s1. The van der Waals surface area contributed by atoms with E-state index in [1.54, 1.807) is 29.4 Å². The number of nitrogens with zero attached hydrogens (tertiary/aromatic N) is 4. The summed E-state index contributed by atoms with van der Waals surface area (Å²) in [6, 6.07) is 5.27. The van der Waals surface area contributed by atoms with Gasteiger partial charge in [-0.15, -0.1) is 11.3 Å². The third-order valence-corrected chi connectivity index (χ3v) is 5.06. The van der Waals surface area contributed by atoms with Crippen molar-refractivity contribution < 1.29 is 4.79 Å². The molecule has 4 heterocycles. The van der Waals surface area contributed by atoms with Crippen LogP contribution in [0.3, 0.4) is 0 Å². The maximum atomic E-state index is 12.8. The van der Waals surface area contributed by atoms with Crippen LogP contribution in [0.1, 0.15) is 34.2 Å². The Morgan fingerprint density at radius 3 is 2.88 bits per heavy atom. The summed E-state index contributed by atoms with van der Waals surface area (Å²) < 4.78 is 0. The van der Waals surface area contributed by atoms with E-state index in [9.17, 15) is 9.59 Å². The van der Waals surface area contributed by atoms with Crippen molar-refractivity contribution in [3.63, 3.8) is 0 Å². The maximum absolute atomic E-state index is 12.8. The van der Waals surface area contributed by atoms with E-state index in [0.29, 0.717) is 18.1 Å². The number of carbonyl (C=O) groups excluding carboxylic acids is 1. The summed E-state index contributed by atoms with van der Waals surface area (Å²) in [6.45, 7) is 0.616. The molecule has 0 spiro atoms. The van der Waals surface area contributed by atoms with Crippen LogP contribution in [0.5, 0.6) is 0 Å². The maximum Gasteiger partial charge on any atom is 0.264 e. The number of thiazole rings is 1. The zero-order valence-electron chi connectivity index (χ0n) is 13.3. The van der Waals surface area contributed by atoms with Gasteiger partial charge in [0.1, 0.15) is 16.3 Å². The summed E-state index contributed by atoms with van der Waals surface area (Å²) in [4.78, 5) is 42.3. The minimum atomic E-state index is -0.453. The largest absolute Gasteiger partial charge is 0.329 e. The Morgan fingerprint density at radius 1 is 1.24 bits per heavy atom. The van der Waals surface area contributed by atoms with E-state index >= 15 is 0 Å². The Labute approximate surface area is 147 Å². The van der Waals surface area contributed by atoms with Gasteiger partial charge in [-0.1, -0.05) is 6.07 Å². The molecule has 25 heavy (non-hydrogen) atoms. The van der Waals surface area contributed by atoms with Crippen LogP contribution in [0, 0.1) is 0 Å². The van der Waals surface area contributed by atoms with Crippen molar-refractivity contribution in [2.45, 2.75) is 18.9 Å². The molecule has 1 atom stereocenters. The highest BCUT2D eigenvalue weighted by Crippen LogP contribution is 2.33. The third kappa shape index (κ3) is 2.96. The molecule has 1 aliphatic heterocycles. The second-order valence-corrected chi connectivity index (χ2v) is 6.64. The van der Waals surface area contributed by atoms with E-state index in [1.165, 1.54) is 17.5 Å². The lowest BCUT2D eigenvalue weighted by molar-refractivity contribution is 0.0733. The molecule has 1 amide bonds. The first-order chi connectivity index (χ1) is 12.2. The van der Waals surface area contributed by atoms with Gasteiger partial charge in [0.2, 0.25) is 0 Å². The smallest absolute Gasteiger partial charge is 0.264 e. The molecule has 126 valence electrons. The van der Waals surface area contributed by atoms with E-state index in [2.05, 4.69) is 19.9 Å². The molecule has 1 fully saturated rings. The van der Waals surface area contributed by atoms with E-state index in [-0.39, 0.29) is 17.5 Å². The lowest BCUT2D eigenvalue weighted by Crippen LogP contribution is -2.34. The van der Waals surface area contributed by atoms with Gasteiger partial charge in [-0.2, -0.15) is 0 Å². The first-order valence-electron chi connectivity index (χ1n) is 7.95. The van der Waals surface area contributed by atoms with Gasteiger partial charge in [-0.25, -0.2) is 9.97 Å². The number of pyridine rings is 1. The van der Waals surface area contributed by atoms with Gasteiger partial charge in [0.25, 0.3) is 11.5 Å². The van der Waals surface area contributed by atoms with Gasteiger partial charge in [0.15, 0.2) is 5.82 Å². The molecule has 1 aliphatic rings. The van der Waals surface area contributed by atoms with Crippen LogP contribution < -0.4 is 5.56 Å².